The Morgan fingerprint density at radius 1 is 1.00 bits per heavy atom. The lowest BCUT2D eigenvalue weighted by Gasteiger charge is -2.37. The molecule has 0 radical (unpaired) electrons. The quantitative estimate of drug-likeness (QED) is 0.567. The van der Waals surface area contributed by atoms with Gasteiger partial charge < -0.3 is 5.11 Å². The summed E-state index contributed by atoms with van der Waals surface area (Å²) >= 11 is 0. The van der Waals surface area contributed by atoms with Gasteiger partial charge in [-0.2, -0.15) is 10.5 Å². The first kappa shape index (κ1) is 22.0. The molecule has 0 aliphatic heterocycles. The zero-order valence-electron chi connectivity index (χ0n) is 15.0. The first-order valence-electron chi connectivity index (χ1n) is 8.24. The highest BCUT2D eigenvalue weighted by molar-refractivity contribution is 5.89. The third kappa shape index (κ3) is 2.70. The van der Waals surface area contributed by atoms with Crippen LogP contribution in [-0.4, -0.2) is 17.2 Å². The SMILES string of the molecule is CCC1=C(CC)C(F)C(C(=O)O)(c2c(F)c(F)c(C#N)c(C#N)c2F)C(F)=C1F. The number of halogens is 6. The standard InChI is InChI=1S/C19H12F6N2O2/c1-3-7-8(4-2)16(24)19(18(28)29,17(25)14(7)22)11-12(20)9(5-26)10(6-27)13(21)15(11)23/h16H,3-4H2,1-2H3,(H,28,29). The second kappa shape index (κ2) is 7.63. The molecule has 0 saturated heterocycles. The van der Waals surface area contributed by atoms with Gasteiger partial charge in [0.15, 0.2) is 28.7 Å². The molecule has 2 unspecified atom stereocenters. The molecule has 1 aromatic carbocycles. The Bertz CT molecular complexity index is 1060. The molecule has 1 aliphatic rings. The minimum Gasteiger partial charge on any atom is -0.480 e. The lowest BCUT2D eigenvalue weighted by Crippen LogP contribution is -2.50. The van der Waals surface area contributed by atoms with Crippen LogP contribution in [0.1, 0.15) is 43.4 Å². The predicted molar refractivity (Wildman–Crippen MR) is 86.8 cm³/mol. The first-order valence-corrected chi connectivity index (χ1v) is 8.24. The van der Waals surface area contributed by atoms with Gasteiger partial charge in [-0.1, -0.05) is 13.8 Å². The van der Waals surface area contributed by atoms with Gasteiger partial charge in [0, 0.05) is 0 Å². The molecule has 2 rings (SSSR count). The average molecular weight is 414 g/mol. The molecular formula is C19H12F6N2O2. The minimum absolute atomic E-state index is 0.255. The molecule has 2 atom stereocenters. The van der Waals surface area contributed by atoms with E-state index in [1.165, 1.54) is 13.8 Å². The molecule has 0 aromatic heterocycles. The molecule has 29 heavy (non-hydrogen) atoms. The van der Waals surface area contributed by atoms with Crippen molar-refractivity contribution in [2.75, 3.05) is 0 Å². The largest absolute Gasteiger partial charge is 0.480 e. The Balaban J connectivity index is 3.15. The Labute approximate surface area is 161 Å². The highest BCUT2D eigenvalue weighted by Crippen LogP contribution is 2.52. The second-order valence-corrected chi connectivity index (χ2v) is 6.11. The van der Waals surface area contributed by atoms with Crippen molar-refractivity contribution < 1.29 is 36.2 Å². The number of alkyl halides is 1. The maximum atomic E-state index is 15.4. The fourth-order valence-corrected chi connectivity index (χ4v) is 3.51. The monoisotopic (exact) mass is 414 g/mol. The van der Waals surface area contributed by atoms with Crippen LogP contribution in [0.5, 0.6) is 0 Å². The van der Waals surface area contributed by atoms with Crippen LogP contribution in [0.3, 0.4) is 0 Å². The summed E-state index contributed by atoms with van der Waals surface area (Å²) in [6.45, 7) is 2.61. The first-order chi connectivity index (χ1) is 13.6. The van der Waals surface area contributed by atoms with Crippen LogP contribution in [0, 0.1) is 40.1 Å². The van der Waals surface area contributed by atoms with Crippen LogP contribution in [0.25, 0.3) is 0 Å². The summed E-state index contributed by atoms with van der Waals surface area (Å²) in [6.07, 6.45) is -3.61. The maximum absolute atomic E-state index is 15.4. The molecule has 0 amide bonds. The molecule has 0 bridgehead atoms. The number of carboxylic acids is 1. The van der Waals surface area contributed by atoms with E-state index in [1.54, 1.807) is 0 Å². The number of rotatable bonds is 4. The lowest BCUT2D eigenvalue weighted by atomic mass is 9.67. The van der Waals surface area contributed by atoms with Crippen molar-refractivity contribution in [1.29, 1.82) is 10.5 Å². The third-order valence-electron chi connectivity index (χ3n) is 4.89. The molecule has 0 spiro atoms. The molecule has 1 aliphatic carbocycles. The van der Waals surface area contributed by atoms with Crippen LogP contribution >= 0.6 is 0 Å². The number of hydrogen-bond acceptors (Lipinski definition) is 3. The molecule has 0 saturated carbocycles. The van der Waals surface area contributed by atoms with Crippen molar-refractivity contribution in [3.63, 3.8) is 0 Å². The number of allylic oxidation sites excluding steroid dienone is 3. The highest BCUT2D eigenvalue weighted by Gasteiger charge is 2.61. The molecule has 1 aromatic rings. The van der Waals surface area contributed by atoms with Gasteiger partial charge in [0.05, 0.1) is 5.56 Å². The summed E-state index contributed by atoms with van der Waals surface area (Å²) < 4.78 is 88.9. The summed E-state index contributed by atoms with van der Waals surface area (Å²) in [6, 6.07) is 2.07. The van der Waals surface area contributed by atoms with E-state index in [0.717, 1.165) is 12.1 Å². The van der Waals surface area contributed by atoms with E-state index in [2.05, 4.69) is 0 Å². The van der Waals surface area contributed by atoms with Gasteiger partial charge in [-0.15, -0.1) is 0 Å². The van der Waals surface area contributed by atoms with Gasteiger partial charge in [0.1, 0.15) is 35.3 Å². The van der Waals surface area contributed by atoms with Gasteiger partial charge in [-0.25, -0.2) is 26.3 Å². The number of hydrogen-bond donors (Lipinski definition) is 1. The van der Waals surface area contributed by atoms with Gasteiger partial charge in [0.2, 0.25) is 0 Å². The van der Waals surface area contributed by atoms with Crippen LogP contribution in [0.15, 0.2) is 22.8 Å². The van der Waals surface area contributed by atoms with Gasteiger partial charge in [0.25, 0.3) is 0 Å². The number of carboxylic acid groups (broad SMARTS) is 1. The van der Waals surface area contributed by atoms with E-state index in [1.807, 2.05) is 0 Å². The Morgan fingerprint density at radius 3 is 1.93 bits per heavy atom. The topological polar surface area (TPSA) is 84.9 Å². The fraction of sp³-hybridized carbons (Fsp3) is 0.316. The van der Waals surface area contributed by atoms with Crippen molar-refractivity contribution in [2.45, 2.75) is 38.3 Å². The number of carbonyl (C=O) groups is 1. The van der Waals surface area contributed by atoms with E-state index in [4.69, 9.17) is 10.5 Å². The molecule has 152 valence electrons. The van der Waals surface area contributed by atoms with Crippen molar-refractivity contribution in [1.82, 2.24) is 0 Å². The lowest BCUT2D eigenvalue weighted by molar-refractivity contribution is -0.145. The van der Waals surface area contributed by atoms with Crippen molar-refractivity contribution in [2.24, 2.45) is 0 Å². The van der Waals surface area contributed by atoms with E-state index in [0.29, 0.717) is 0 Å². The second-order valence-electron chi connectivity index (χ2n) is 6.11. The highest BCUT2D eigenvalue weighted by atomic mass is 19.2. The summed E-state index contributed by atoms with van der Waals surface area (Å²) in [4.78, 5) is 12.0. The summed E-state index contributed by atoms with van der Waals surface area (Å²) in [5, 5.41) is 27.4. The zero-order valence-corrected chi connectivity index (χ0v) is 15.0. The Morgan fingerprint density at radius 2 is 1.52 bits per heavy atom. The number of nitrogens with zero attached hydrogens (tertiary/aromatic N) is 2. The molecule has 0 heterocycles. The summed E-state index contributed by atoms with van der Waals surface area (Å²) in [5.74, 6) is -13.5. The molecule has 4 nitrogen and oxygen atoms in total. The predicted octanol–water partition coefficient (Wildman–Crippen LogP) is 4.79. The maximum Gasteiger partial charge on any atom is 0.324 e. The van der Waals surface area contributed by atoms with E-state index in [-0.39, 0.29) is 12.8 Å². The van der Waals surface area contributed by atoms with Crippen LogP contribution in [0.4, 0.5) is 26.3 Å². The number of aliphatic carboxylic acids is 1. The van der Waals surface area contributed by atoms with Gasteiger partial charge in [-0.3, -0.25) is 4.79 Å². The third-order valence-corrected chi connectivity index (χ3v) is 4.89. The van der Waals surface area contributed by atoms with E-state index in [9.17, 15) is 31.9 Å². The summed E-state index contributed by atoms with van der Waals surface area (Å²) in [7, 11) is 0. The van der Waals surface area contributed by atoms with Crippen LogP contribution < -0.4 is 0 Å². The number of nitriles is 2. The van der Waals surface area contributed by atoms with E-state index >= 15 is 4.39 Å². The Hall–Kier alpha value is -3.27. The van der Waals surface area contributed by atoms with Crippen molar-refractivity contribution in [3.05, 3.63) is 56.9 Å². The molecular weight excluding hydrogens is 402 g/mol. The minimum atomic E-state index is -3.96. The average Bonchev–Trinajstić information content (AvgIpc) is 2.69. The molecule has 10 heteroatoms. The van der Waals surface area contributed by atoms with Gasteiger partial charge >= 0.3 is 5.97 Å². The summed E-state index contributed by atoms with van der Waals surface area (Å²) in [5.41, 5.74) is -9.93. The van der Waals surface area contributed by atoms with Gasteiger partial charge in [-0.05, 0) is 24.0 Å². The van der Waals surface area contributed by atoms with Crippen molar-refractivity contribution >= 4 is 5.97 Å². The van der Waals surface area contributed by atoms with Crippen LogP contribution in [-0.2, 0) is 10.2 Å². The Kier molecular flexibility index (Phi) is 5.79. The normalized spacial score (nSPS) is 21.8. The van der Waals surface area contributed by atoms with Crippen LogP contribution in [0.2, 0.25) is 0 Å². The fourth-order valence-electron chi connectivity index (χ4n) is 3.51. The van der Waals surface area contributed by atoms with Crippen molar-refractivity contribution in [3.8, 4) is 12.1 Å². The molecule has 1 N–H and O–H groups in total. The molecule has 0 fully saturated rings. The van der Waals surface area contributed by atoms with E-state index < -0.39 is 74.5 Å². The zero-order chi connectivity index (χ0) is 22.3. The smallest absolute Gasteiger partial charge is 0.324 e. The number of benzene rings is 1.